The van der Waals surface area contributed by atoms with Gasteiger partial charge in [0.05, 0.1) is 11.1 Å². The number of hydrogen-bond donors (Lipinski definition) is 2. The highest BCUT2D eigenvalue weighted by Crippen LogP contribution is 2.38. The number of amides is 1. The van der Waals surface area contributed by atoms with E-state index in [0.29, 0.717) is 19.3 Å². The SMILES string of the molecule is NC(=O)c1cccnc1N(CCc1cccnc1)c1cc(OC2CCNCC2)cc(C(F)(F)F)c1. The summed E-state index contributed by atoms with van der Waals surface area (Å²) in [4.78, 5) is 22.1. The third-order valence-electron chi connectivity index (χ3n) is 5.77. The van der Waals surface area contributed by atoms with E-state index in [-0.39, 0.29) is 35.5 Å². The lowest BCUT2D eigenvalue weighted by Crippen LogP contribution is -2.34. The molecule has 3 N–H and O–H groups in total. The molecule has 4 rings (SSSR count). The van der Waals surface area contributed by atoms with Crippen LogP contribution < -0.4 is 20.7 Å². The van der Waals surface area contributed by atoms with Crippen molar-refractivity contribution in [1.29, 1.82) is 0 Å². The van der Waals surface area contributed by atoms with Crippen LogP contribution in [0.1, 0.15) is 34.3 Å². The van der Waals surface area contributed by atoms with Crippen molar-refractivity contribution in [2.24, 2.45) is 5.73 Å². The van der Waals surface area contributed by atoms with E-state index in [1.165, 1.54) is 12.3 Å². The fraction of sp³-hybridized carbons (Fsp3) is 0.320. The lowest BCUT2D eigenvalue weighted by molar-refractivity contribution is -0.137. The Morgan fingerprint density at radius 1 is 1.14 bits per heavy atom. The second kappa shape index (κ2) is 10.7. The maximum atomic E-state index is 13.9. The van der Waals surface area contributed by atoms with Crippen LogP contribution >= 0.6 is 0 Å². The Kier molecular flexibility index (Phi) is 7.50. The normalized spacial score (nSPS) is 14.5. The molecule has 3 aromatic rings. The Morgan fingerprint density at radius 2 is 1.91 bits per heavy atom. The number of primary amides is 1. The monoisotopic (exact) mass is 485 g/mol. The van der Waals surface area contributed by atoms with Gasteiger partial charge in [-0.25, -0.2) is 4.98 Å². The van der Waals surface area contributed by atoms with Crippen LogP contribution in [0.3, 0.4) is 0 Å². The van der Waals surface area contributed by atoms with E-state index in [9.17, 15) is 18.0 Å². The Balaban J connectivity index is 1.77. The van der Waals surface area contributed by atoms with Gasteiger partial charge in [0, 0.05) is 36.9 Å². The number of rotatable bonds is 8. The van der Waals surface area contributed by atoms with Gasteiger partial charge in [-0.15, -0.1) is 0 Å². The van der Waals surface area contributed by atoms with Crippen molar-refractivity contribution >= 4 is 17.4 Å². The van der Waals surface area contributed by atoms with Crippen LogP contribution in [0.5, 0.6) is 5.75 Å². The maximum Gasteiger partial charge on any atom is 0.416 e. The summed E-state index contributed by atoms with van der Waals surface area (Å²) in [6, 6.07) is 10.3. The number of piperidine rings is 1. The van der Waals surface area contributed by atoms with E-state index in [1.54, 1.807) is 35.5 Å². The van der Waals surface area contributed by atoms with Gasteiger partial charge in [0.25, 0.3) is 5.91 Å². The topological polar surface area (TPSA) is 93.4 Å². The quantitative estimate of drug-likeness (QED) is 0.499. The van der Waals surface area contributed by atoms with Crippen LogP contribution in [0.15, 0.2) is 61.1 Å². The number of nitrogens with zero attached hydrogens (tertiary/aromatic N) is 3. The highest BCUT2D eigenvalue weighted by atomic mass is 19.4. The Hall–Kier alpha value is -3.66. The third-order valence-corrected chi connectivity index (χ3v) is 5.77. The number of ether oxygens (including phenoxy) is 1. The van der Waals surface area contributed by atoms with Crippen LogP contribution in [0, 0.1) is 0 Å². The van der Waals surface area contributed by atoms with Crippen LogP contribution in [0.2, 0.25) is 0 Å². The highest BCUT2D eigenvalue weighted by Gasteiger charge is 2.33. The molecule has 1 aliphatic heterocycles. The molecule has 1 aromatic carbocycles. The first-order valence-electron chi connectivity index (χ1n) is 11.3. The molecule has 3 heterocycles. The first kappa shape index (κ1) is 24.5. The zero-order valence-electron chi connectivity index (χ0n) is 19.0. The average Bonchev–Trinajstić information content (AvgIpc) is 2.85. The molecule has 1 amide bonds. The standard InChI is InChI=1S/C25H26F3N5O2/c26-25(27,28)18-13-19(15-21(14-18)35-20-5-10-30-11-6-20)33(12-7-17-3-1-8-31-16-17)24-22(23(29)34)4-2-9-32-24/h1-4,8-9,13-16,20,30H,5-7,10-12H2,(H2,29,34). The zero-order valence-corrected chi connectivity index (χ0v) is 19.0. The minimum atomic E-state index is -4.59. The molecule has 0 spiro atoms. The molecule has 10 heteroatoms. The van der Waals surface area contributed by atoms with Gasteiger partial charge < -0.3 is 20.7 Å². The lowest BCUT2D eigenvalue weighted by Gasteiger charge is -2.28. The van der Waals surface area contributed by atoms with E-state index >= 15 is 0 Å². The van der Waals surface area contributed by atoms with Crippen LogP contribution in [-0.2, 0) is 12.6 Å². The summed E-state index contributed by atoms with van der Waals surface area (Å²) >= 11 is 0. The summed E-state index contributed by atoms with van der Waals surface area (Å²) in [6.07, 6.45) is 1.86. The van der Waals surface area contributed by atoms with Crippen LogP contribution in [0.4, 0.5) is 24.7 Å². The Bertz CT molecular complexity index is 1150. The maximum absolute atomic E-state index is 13.9. The van der Waals surface area contributed by atoms with Crippen LogP contribution in [0.25, 0.3) is 0 Å². The number of benzene rings is 1. The molecule has 7 nitrogen and oxygen atoms in total. The van der Waals surface area contributed by atoms with Gasteiger partial charge in [0.2, 0.25) is 0 Å². The number of hydrogen-bond acceptors (Lipinski definition) is 6. The molecule has 2 aromatic heterocycles. The molecule has 1 fully saturated rings. The number of anilines is 2. The van der Waals surface area contributed by atoms with Gasteiger partial charge in [0.1, 0.15) is 17.7 Å². The number of halogens is 3. The zero-order chi connectivity index (χ0) is 24.8. The Morgan fingerprint density at radius 3 is 2.60 bits per heavy atom. The van der Waals surface area contributed by atoms with Crippen molar-refractivity contribution in [2.75, 3.05) is 24.5 Å². The predicted molar refractivity (Wildman–Crippen MR) is 126 cm³/mol. The molecule has 35 heavy (non-hydrogen) atoms. The van der Waals surface area contributed by atoms with Crippen molar-refractivity contribution in [3.8, 4) is 5.75 Å². The number of alkyl halides is 3. The summed E-state index contributed by atoms with van der Waals surface area (Å²) in [6.45, 7) is 1.71. The summed E-state index contributed by atoms with van der Waals surface area (Å²) in [5, 5.41) is 3.21. The van der Waals surface area contributed by atoms with Gasteiger partial charge in [-0.1, -0.05) is 6.07 Å². The van der Waals surface area contributed by atoms with E-state index in [0.717, 1.165) is 30.8 Å². The molecule has 0 aliphatic carbocycles. The predicted octanol–water partition coefficient (Wildman–Crippen LogP) is 4.11. The number of carbonyl (C=O) groups excluding carboxylic acids is 1. The van der Waals surface area contributed by atoms with Gasteiger partial charge >= 0.3 is 6.18 Å². The number of aromatic nitrogens is 2. The molecular weight excluding hydrogens is 459 g/mol. The van der Waals surface area contributed by atoms with Crippen molar-refractivity contribution in [1.82, 2.24) is 15.3 Å². The first-order chi connectivity index (χ1) is 16.8. The second-order valence-corrected chi connectivity index (χ2v) is 8.28. The fourth-order valence-electron chi connectivity index (χ4n) is 4.03. The summed E-state index contributed by atoms with van der Waals surface area (Å²) in [5.74, 6) is -0.432. The molecule has 0 atom stereocenters. The smallest absolute Gasteiger partial charge is 0.416 e. The van der Waals surface area contributed by atoms with Crippen molar-refractivity contribution < 1.29 is 22.7 Å². The van der Waals surface area contributed by atoms with E-state index in [4.69, 9.17) is 10.5 Å². The Labute approximate surface area is 201 Å². The molecule has 0 bridgehead atoms. The van der Waals surface area contributed by atoms with Gasteiger partial charge in [-0.3, -0.25) is 9.78 Å². The molecule has 0 unspecified atom stereocenters. The molecular formula is C25H26F3N5O2. The summed E-state index contributed by atoms with van der Waals surface area (Å²) in [7, 11) is 0. The molecule has 0 saturated carbocycles. The van der Waals surface area contributed by atoms with E-state index in [1.807, 2.05) is 6.07 Å². The number of carbonyl (C=O) groups is 1. The molecule has 1 aliphatic rings. The highest BCUT2D eigenvalue weighted by molar-refractivity contribution is 5.98. The lowest BCUT2D eigenvalue weighted by atomic mass is 10.1. The molecule has 0 radical (unpaired) electrons. The summed E-state index contributed by atoms with van der Waals surface area (Å²) in [5.41, 5.74) is 5.91. The largest absolute Gasteiger partial charge is 0.490 e. The van der Waals surface area contributed by atoms with E-state index in [2.05, 4.69) is 15.3 Å². The van der Waals surface area contributed by atoms with Gasteiger partial charge in [0.15, 0.2) is 0 Å². The first-order valence-corrected chi connectivity index (χ1v) is 11.3. The van der Waals surface area contributed by atoms with E-state index < -0.39 is 17.6 Å². The van der Waals surface area contributed by atoms with Crippen molar-refractivity contribution in [3.63, 3.8) is 0 Å². The van der Waals surface area contributed by atoms with Gasteiger partial charge in [-0.2, -0.15) is 13.2 Å². The van der Waals surface area contributed by atoms with Crippen LogP contribution in [-0.4, -0.2) is 41.6 Å². The van der Waals surface area contributed by atoms with Crippen molar-refractivity contribution in [2.45, 2.75) is 31.5 Å². The van der Waals surface area contributed by atoms with Crippen molar-refractivity contribution in [3.05, 3.63) is 77.7 Å². The molecule has 184 valence electrons. The third kappa shape index (κ3) is 6.27. The number of nitrogens with two attached hydrogens (primary N) is 1. The number of nitrogens with one attached hydrogen (secondary N) is 1. The minimum Gasteiger partial charge on any atom is -0.490 e. The minimum absolute atomic E-state index is 0.108. The fourth-order valence-corrected chi connectivity index (χ4v) is 4.03. The second-order valence-electron chi connectivity index (χ2n) is 8.28. The number of pyridine rings is 2. The average molecular weight is 486 g/mol. The summed E-state index contributed by atoms with van der Waals surface area (Å²) < 4.78 is 47.6. The molecule has 1 saturated heterocycles. The van der Waals surface area contributed by atoms with Gasteiger partial charge in [-0.05, 0) is 68.2 Å².